The third-order valence-electron chi connectivity index (χ3n) is 2.93. The minimum Gasteiger partial charge on any atom is -0.476 e. The lowest BCUT2D eigenvalue weighted by Gasteiger charge is -2.11. The molecule has 0 radical (unpaired) electrons. The highest BCUT2D eigenvalue weighted by Gasteiger charge is 2.14. The third-order valence-corrected chi connectivity index (χ3v) is 2.93. The Bertz CT molecular complexity index is 341. The predicted molar refractivity (Wildman–Crippen MR) is 62.7 cm³/mol. The molecular weight excluding hydrogens is 202 g/mol. The molecule has 1 N–H and O–H groups in total. The molecule has 0 aromatic carbocycles. The number of hydrogen-bond donors (Lipinski definition) is 1. The van der Waals surface area contributed by atoms with Crippen molar-refractivity contribution in [1.29, 1.82) is 0 Å². The van der Waals surface area contributed by atoms with Crippen LogP contribution in [0.25, 0.3) is 0 Å². The maximum absolute atomic E-state index is 5.69. The van der Waals surface area contributed by atoms with Gasteiger partial charge in [-0.2, -0.15) is 0 Å². The van der Waals surface area contributed by atoms with E-state index in [2.05, 4.69) is 15.3 Å². The van der Waals surface area contributed by atoms with E-state index in [1.54, 1.807) is 6.33 Å². The molecule has 1 aliphatic rings. The summed E-state index contributed by atoms with van der Waals surface area (Å²) in [7, 11) is 1.92. The van der Waals surface area contributed by atoms with Gasteiger partial charge in [-0.05, 0) is 32.7 Å². The monoisotopic (exact) mass is 221 g/mol. The van der Waals surface area contributed by atoms with Crippen LogP contribution < -0.4 is 10.1 Å². The molecule has 4 heteroatoms. The van der Waals surface area contributed by atoms with Crippen LogP contribution in [0.15, 0.2) is 6.33 Å². The second-order valence-corrected chi connectivity index (χ2v) is 4.12. The van der Waals surface area contributed by atoms with Gasteiger partial charge >= 0.3 is 0 Å². The molecule has 0 saturated carbocycles. The van der Waals surface area contributed by atoms with Crippen molar-refractivity contribution in [1.82, 2.24) is 15.3 Å². The molecule has 88 valence electrons. The maximum Gasteiger partial charge on any atom is 0.219 e. The fourth-order valence-electron chi connectivity index (χ4n) is 2.04. The molecule has 0 fully saturated rings. The molecule has 4 nitrogen and oxygen atoms in total. The van der Waals surface area contributed by atoms with Gasteiger partial charge in [-0.3, -0.25) is 0 Å². The zero-order chi connectivity index (χ0) is 11.2. The molecule has 0 saturated heterocycles. The van der Waals surface area contributed by atoms with Crippen molar-refractivity contribution in [2.45, 2.75) is 32.1 Å². The first-order chi connectivity index (χ1) is 7.92. The normalized spacial score (nSPS) is 15.3. The molecule has 1 heterocycles. The van der Waals surface area contributed by atoms with Crippen molar-refractivity contribution in [3.63, 3.8) is 0 Å². The van der Waals surface area contributed by atoms with E-state index in [4.69, 9.17) is 4.74 Å². The smallest absolute Gasteiger partial charge is 0.219 e. The Balaban J connectivity index is 2.11. The van der Waals surface area contributed by atoms with E-state index in [1.165, 1.54) is 30.5 Å². The van der Waals surface area contributed by atoms with Crippen LogP contribution >= 0.6 is 0 Å². The van der Waals surface area contributed by atoms with Gasteiger partial charge in [0, 0.05) is 12.1 Å². The minimum absolute atomic E-state index is 0.667. The average Bonchev–Trinajstić information content (AvgIpc) is 2.55. The summed E-state index contributed by atoms with van der Waals surface area (Å²) in [5.74, 6) is 0.794. The van der Waals surface area contributed by atoms with Gasteiger partial charge in [-0.1, -0.05) is 6.42 Å². The van der Waals surface area contributed by atoms with Crippen molar-refractivity contribution in [3.05, 3.63) is 17.6 Å². The van der Waals surface area contributed by atoms with Gasteiger partial charge in [0.25, 0.3) is 0 Å². The molecule has 16 heavy (non-hydrogen) atoms. The van der Waals surface area contributed by atoms with E-state index < -0.39 is 0 Å². The predicted octanol–water partition coefficient (Wildman–Crippen LogP) is 1.34. The Labute approximate surface area is 96.4 Å². The average molecular weight is 221 g/mol. The van der Waals surface area contributed by atoms with Crippen LogP contribution in [0.4, 0.5) is 0 Å². The molecule has 2 rings (SSSR count). The van der Waals surface area contributed by atoms with Gasteiger partial charge in [0.1, 0.15) is 12.9 Å². The van der Waals surface area contributed by atoms with Crippen LogP contribution in [-0.2, 0) is 12.8 Å². The number of aryl methyl sites for hydroxylation is 1. The third kappa shape index (κ3) is 2.70. The summed E-state index contributed by atoms with van der Waals surface area (Å²) in [4.78, 5) is 8.61. The highest BCUT2D eigenvalue weighted by Crippen LogP contribution is 2.25. The second-order valence-electron chi connectivity index (χ2n) is 4.12. The summed E-state index contributed by atoms with van der Waals surface area (Å²) in [6, 6.07) is 0. The summed E-state index contributed by atoms with van der Waals surface area (Å²) in [6.45, 7) is 1.51. The SMILES string of the molecule is CNCCOc1ncnc2c1CCCCC2. The number of aromatic nitrogens is 2. The van der Waals surface area contributed by atoms with Crippen LogP contribution in [0.5, 0.6) is 5.88 Å². The van der Waals surface area contributed by atoms with Crippen molar-refractivity contribution < 1.29 is 4.74 Å². The van der Waals surface area contributed by atoms with Crippen molar-refractivity contribution in [2.75, 3.05) is 20.2 Å². The quantitative estimate of drug-likeness (QED) is 0.615. The Morgan fingerprint density at radius 1 is 1.25 bits per heavy atom. The van der Waals surface area contributed by atoms with Crippen molar-refractivity contribution >= 4 is 0 Å². The second kappa shape index (κ2) is 5.80. The topological polar surface area (TPSA) is 47.0 Å². The number of fused-ring (bicyclic) bond motifs is 1. The summed E-state index contributed by atoms with van der Waals surface area (Å²) < 4.78 is 5.69. The van der Waals surface area contributed by atoms with E-state index in [9.17, 15) is 0 Å². The van der Waals surface area contributed by atoms with Gasteiger partial charge in [0.05, 0.1) is 5.69 Å². The van der Waals surface area contributed by atoms with Crippen LogP contribution in [-0.4, -0.2) is 30.2 Å². The standard InChI is InChI=1S/C12H19N3O/c1-13-7-8-16-12-10-5-3-2-4-6-11(10)14-9-15-12/h9,13H,2-8H2,1H3. The molecule has 0 bridgehead atoms. The molecule has 1 aliphatic carbocycles. The first-order valence-electron chi connectivity index (χ1n) is 6.02. The number of rotatable bonds is 4. The van der Waals surface area contributed by atoms with E-state index in [-0.39, 0.29) is 0 Å². The van der Waals surface area contributed by atoms with E-state index >= 15 is 0 Å². The Hall–Kier alpha value is -1.16. The minimum atomic E-state index is 0.667. The van der Waals surface area contributed by atoms with Gasteiger partial charge in [-0.25, -0.2) is 9.97 Å². The first-order valence-corrected chi connectivity index (χ1v) is 6.02. The maximum atomic E-state index is 5.69. The highest BCUT2D eigenvalue weighted by molar-refractivity contribution is 5.30. The molecule has 0 atom stereocenters. The highest BCUT2D eigenvalue weighted by atomic mass is 16.5. The zero-order valence-electron chi connectivity index (χ0n) is 9.83. The summed E-state index contributed by atoms with van der Waals surface area (Å²) in [5.41, 5.74) is 2.42. The first kappa shape index (κ1) is 11.3. The number of nitrogens with one attached hydrogen (secondary N) is 1. The van der Waals surface area contributed by atoms with Crippen molar-refractivity contribution in [3.8, 4) is 5.88 Å². The number of likely N-dealkylation sites (N-methyl/N-ethyl adjacent to an activating group) is 1. The fourth-order valence-corrected chi connectivity index (χ4v) is 2.04. The largest absolute Gasteiger partial charge is 0.476 e. The van der Waals surface area contributed by atoms with Gasteiger partial charge < -0.3 is 10.1 Å². The fraction of sp³-hybridized carbons (Fsp3) is 0.667. The van der Waals surface area contributed by atoms with Gasteiger partial charge in [0.2, 0.25) is 5.88 Å². The van der Waals surface area contributed by atoms with Gasteiger partial charge in [0.15, 0.2) is 0 Å². The lowest BCUT2D eigenvalue weighted by atomic mass is 10.1. The van der Waals surface area contributed by atoms with E-state index in [1.807, 2.05) is 7.05 Å². The lowest BCUT2D eigenvalue weighted by Crippen LogP contribution is -2.17. The number of hydrogen-bond acceptors (Lipinski definition) is 4. The number of ether oxygens (including phenoxy) is 1. The number of nitrogens with zero attached hydrogens (tertiary/aromatic N) is 2. The van der Waals surface area contributed by atoms with Crippen molar-refractivity contribution in [2.24, 2.45) is 0 Å². The van der Waals surface area contributed by atoms with E-state index in [0.29, 0.717) is 6.61 Å². The summed E-state index contributed by atoms with van der Waals surface area (Å²) in [5, 5.41) is 3.06. The summed E-state index contributed by atoms with van der Waals surface area (Å²) in [6.07, 6.45) is 7.50. The Morgan fingerprint density at radius 3 is 3.00 bits per heavy atom. The molecule has 0 unspecified atom stereocenters. The Kier molecular flexibility index (Phi) is 4.10. The van der Waals surface area contributed by atoms with Crippen LogP contribution in [0, 0.1) is 0 Å². The van der Waals surface area contributed by atoms with E-state index in [0.717, 1.165) is 25.3 Å². The molecule has 0 aliphatic heterocycles. The zero-order valence-corrected chi connectivity index (χ0v) is 9.83. The molecular formula is C12H19N3O. The Morgan fingerprint density at radius 2 is 2.12 bits per heavy atom. The van der Waals surface area contributed by atoms with Gasteiger partial charge in [-0.15, -0.1) is 0 Å². The van der Waals surface area contributed by atoms with Crippen LogP contribution in [0.3, 0.4) is 0 Å². The molecule has 0 amide bonds. The molecule has 0 spiro atoms. The molecule has 1 aromatic rings. The van der Waals surface area contributed by atoms with Crippen LogP contribution in [0.1, 0.15) is 30.5 Å². The molecule has 1 aromatic heterocycles. The lowest BCUT2D eigenvalue weighted by molar-refractivity contribution is 0.301. The van der Waals surface area contributed by atoms with Crippen LogP contribution in [0.2, 0.25) is 0 Å². The summed E-state index contributed by atoms with van der Waals surface area (Å²) >= 11 is 0.